The highest BCUT2D eigenvalue weighted by atomic mass is 28.4. The second kappa shape index (κ2) is 11.1. The van der Waals surface area contributed by atoms with Crippen LogP contribution in [0.3, 0.4) is 0 Å². The Bertz CT molecular complexity index is 643. The molecule has 0 unspecified atom stereocenters. The van der Waals surface area contributed by atoms with Gasteiger partial charge in [0.2, 0.25) is 0 Å². The van der Waals surface area contributed by atoms with E-state index in [4.69, 9.17) is 9.16 Å². The maximum absolute atomic E-state index is 12.3. The van der Waals surface area contributed by atoms with Crippen molar-refractivity contribution in [2.24, 2.45) is 28.0 Å². The zero-order valence-corrected chi connectivity index (χ0v) is 19.2. The number of hydrogen-bond donors (Lipinski definition) is 0. The van der Waals surface area contributed by atoms with Crippen LogP contribution >= 0.6 is 0 Å². The van der Waals surface area contributed by atoms with Crippen LogP contribution in [0.4, 0.5) is 9.59 Å². The van der Waals surface area contributed by atoms with Crippen molar-refractivity contribution in [3.05, 3.63) is 29.8 Å². The van der Waals surface area contributed by atoms with Gasteiger partial charge in [-0.2, -0.15) is 0 Å². The number of benzene rings is 1. The zero-order chi connectivity index (χ0) is 21.3. The third-order valence-corrected chi connectivity index (χ3v) is 9.37. The Morgan fingerprint density at radius 2 is 1.25 bits per heavy atom. The molecule has 6 nitrogen and oxygen atoms in total. The standard InChI is InChI=1S/C21H34N2O4Si/c1-15(2)12-28(13-16(3)4,14-17(5)6)27-21(25)23-22-20(24)26-19-10-8-18(7)9-11-19/h8-11,15-17H,12-14H2,1-7H3/b23-22+. The lowest BCUT2D eigenvalue weighted by Gasteiger charge is -2.34. The van der Waals surface area contributed by atoms with Gasteiger partial charge in [0.05, 0.1) is 0 Å². The Labute approximate surface area is 169 Å². The average molecular weight is 407 g/mol. The van der Waals surface area contributed by atoms with Gasteiger partial charge in [0.1, 0.15) is 5.75 Å². The number of amides is 2. The smallest absolute Gasteiger partial charge is 0.458 e. The summed E-state index contributed by atoms with van der Waals surface area (Å²) >= 11 is 0. The molecule has 0 fully saturated rings. The van der Waals surface area contributed by atoms with Gasteiger partial charge in [-0.05, 0) is 54.9 Å². The summed E-state index contributed by atoms with van der Waals surface area (Å²) in [4.78, 5) is 24.2. The molecule has 0 radical (unpaired) electrons. The summed E-state index contributed by atoms with van der Waals surface area (Å²) in [6.45, 7) is 14.7. The number of azo groups is 1. The highest BCUT2D eigenvalue weighted by Crippen LogP contribution is 2.33. The van der Waals surface area contributed by atoms with Gasteiger partial charge >= 0.3 is 12.2 Å². The quantitative estimate of drug-likeness (QED) is 0.344. The lowest BCUT2D eigenvalue weighted by atomic mass is 10.2. The van der Waals surface area contributed by atoms with E-state index in [0.29, 0.717) is 23.5 Å². The molecule has 2 amide bonds. The molecule has 1 aromatic rings. The molecule has 0 aliphatic heterocycles. The van der Waals surface area contributed by atoms with Gasteiger partial charge in [-0.3, -0.25) is 0 Å². The number of nitrogens with zero attached hydrogens (tertiary/aromatic N) is 2. The van der Waals surface area contributed by atoms with Crippen LogP contribution in [-0.4, -0.2) is 20.5 Å². The lowest BCUT2D eigenvalue weighted by Crippen LogP contribution is -2.43. The molecule has 0 heterocycles. The van der Waals surface area contributed by atoms with Gasteiger partial charge in [0, 0.05) is 0 Å². The third-order valence-electron chi connectivity index (χ3n) is 4.08. The molecule has 0 spiro atoms. The van der Waals surface area contributed by atoms with E-state index >= 15 is 0 Å². The summed E-state index contributed by atoms with van der Waals surface area (Å²) in [6.07, 6.45) is -1.74. The Morgan fingerprint density at radius 1 is 0.821 bits per heavy atom. The van der Waals surface area contributed by atoms with Crippen molar-refractivity contribution in [3.8, 4) is 5.75 Å². The van der Waals surface area contributed by atoms with E-state index in [2.05, 4.69) is 51.8 Å². The molecule has 0 bridgehead atoms. The Balaban J connectivity index is 2.83. The number of ether oxygens (including phenoxy) is 1. The molecule has 0 aliphatic carbocycles. The fourth-order valence-corrected chi connectivity index (χ4v) is 9.25. The second-order valence-corrected chi connectivity index (χ2v) is 12.5. The van der Waals surface area contributed by atoms with E-state index in [9.17, 15) is 9.59 Å². The number of carbonyl (C=O) groups excluding carboxylic acids is 2. The third kappa shape index (κ3) is 9.26. The van der Waals surface area contributed by atoms with Crippen molar-refractivity contribution in [3.63, 3.8) is 0 Å². The van der Waals surface area contributed by atoms with Gasteiger partial charge in [0.25, 0.3) is 8.32 Å². The van der Waals surface area contributed by atoms with Gasteiger partial charge in [-0.15, -0.1) is 0 Å². The first-order valence-electron chi connectivity index (χ1n) is 9.94. The maximum atomic E-state index is 12.3. The predicted octanol–water partition coefficient (Wildman–Crippen LogP) is 7.00. The first kappa shape index (κ1) is 24.0. The van der Waals surface area contributed by atoms with Crippen LogP contribution in [0, 0.1) is 24.7 Å². The molecule has 156 valence electrons. The van der Waals surface area contributed by atoms with Crippen LogP contribution in [0.15, 0.2) is 34.5 Å². The van der Waals surface area contributed by atoms with Crippen molar-refractivity contribution in [2.45, 2.75) is 66.6 Å². The van der Waals surface area contributed by atoms with E-state index in [1.807, 2.05) is 19.1 Å². The summed E-state index contributed by atoms with van der Waals surface area (Å²) in [5, 5.41) is 6.84. The largest absolute Gasteiger partial charge is 0.501 e. The van der Waals surface area contributed by atoms with Crippen LogP contribution in [0.2, 0.25) is 18.1 Å². The van der Waals surface area contributed by atoms with Crippen molar-refractivity contribution in [1.82, 2.24) is 0 Å². The van der Waals surface area contributed by atoms with E-state index in [-0.39, 0.29) is 0 Å². The molecular formula is C21H34N2O4Si. The maximum Gasteiger partial charge on any atom is 0.458 e. The van der Waals surface area contributed by atoms with E-state index in [0.717, 1.165) is 23.7 Å². The minimum absolute atomic E-state index is 0.353. The number of carbonyl (C=O) groups is 2. The van der Waals surface area contributed by atoms with Crippen molar-refractivity contribution < 1.29 is 18.8 Å². The summed E-state index contributed by atoms with van der Waals surface area (Å²) in [6, 6.07) is 9.57. The molecule has 0 N–H and O–H groups in total. The fraction of sp³-hybridized carbons (Fsp3) is 0.619. The van der Waals surface area contributed by atoms with Crippen LogP contribution in [0.1, 0.15) is 47.1 Å². The first-order chi connectivity index (χ1) is 13.0. The van der Waals surface area contributed by atoms with Crippen LogP contribution in [0.5, 0.6) is 5.75 Å². The predicted molar refractivity (Wildman–Crippen MR) is 113 cm³/mol. The number of rotatable bonds is 8. The fourth-order valence-electron chi connectivity index (χ4n) is 3.62. The average Bonchev–Trinajstić information content (AvgIpc) is 2.52. The first-order valence-corrected chi connectivity index (χ1v) is 12.5. The lowest BCUT2D eigenvalue weighted by molar-refractivity contribution is 0.197. The molecule has 1 aromatic carbocycles. The second-order valence-electron chi connectivity index (χ2n) is 8.73. The SMILES string of the molecule is Cc1ccc(OC(=O)/N=N/C(=O)O[Si](CC(C)C)(CC(C)C)CC(C)C)cc1. The molecule has 0 aliphatic rings. The Kier molecular flexibility index (Phi) is 9.51. The zero-order valence-electron chi connectivity index (χ0n) is 18.2. The molecule has 1 rings (SSSR count). The Hall–Kier alpha value is -2.02. The minimum atomic E-state index is -2.36. The molecule has 28 heavy (non-hydrogen) atoms. The van der Waals surface area contributed by atoms with E-state index in [1.165, 1.54) is 0 Å². The summed E-state index contributed by atoms with van der Waals surface area (Å²) in [7, 11) is -2.36. The van der Waals surface area contributed by atoms with Gasteiger partial charge < -0.3 is 9.16 Å². The van der Waals surface area contributed by atoms with Crippen molar-refractivity contribution in [1.29, 1.82) is 0 Å². The summed E-state index contributed by atoms with van der Waals surface area (Å²) < 4.78 is 11.0. The molecular weight excluding hydrogens is 372 g/mol. The van der Waals surface area contributed by atoms with E-state index < -0.39 is 20.5 Å². The summed E-state index contributed by atoms with van der Waals surface area (Å²) in [5.41, 5.74) is 1.05. The minimum Gasteiger partial charge on any atom is -0.501 e. The number of hydrogen-bond acceptors (Lipinski definition) is 4. The van der Waals surface area contributed by atoms with E-state index in [1.54, 1.807) is 12.1 Å². The summed E-state index contributed by atoms with van der Waals surface area (Å²) in [5.74, 6) is 1.60. The molecule has 0 saturated carbocycles. The van der Waals surface area contributed by atoms with Crippen LogP contribution < -0.4 is 4.74 Å². The van der Waals surface area contributed by atoms with Gasteiger partial charge in [-0.25, -0.2) is 9.59 Å². The monoisotopic (exact) mass is 406 g/mol. The van der Waals surface area contributed by atoms with Crippen molar-refractivity contribution in [2.75, 3.05) is 0 Å². The van der Waals surface area contributed by atoms with Crippen LogP contribution in [0.25, 0.3) is 0 Å². The van der Waals surface area contributed by atoms with Gasteiger partial charge in [-0.1, -0.05) is 69.5 Å². The highest BCUT2D eigenvalue weighted by Gasteiger charge is 2.40. The van der Waals surface area contributed by atoms with Crippen molar-refractivity contribution >= 4 is 20.5 Å². The topological polar surface area (TPSA) is 77.3 Å². The normalized spacial score (nSPS) is 12.2. The Morgan fingerprint density at radius 3 is 1.68 bits per heavy atom. The van der Waals surface area contributed by atoms with Gasteiger partial charge in [0.15, 0.2) is 0 Å². The number of aryl methyl sites for hydroxylation is 1. The molecule has 0 aromatic heterocycles. The molecule has 0 atom stereocenters. The molecule has 0 saturated heterocycles. The highest BCUT2D eigenvalue weighted by molar-refractivity contribution is 6.75. The van der Waals surface area contributed by atoms with Crippen LogP contribution in [-0.2, 0) is 4.43 Å². The molecule has 7 heteroatoms.